The normalized spacial score (nSPS) is 28.7. The average molecular weight is 245 g/mol. The standard InChI is InChI=1S/C15H23N3/c16-13-6-5-11(9-13)12-7-8-17-15(10-12)18-14-3-1-2-4-14/h7-8,10-11,13-14H,1-6,9,16H2,(H,17,18)/t11?,13-/m1/s1. The number of hydrogen-bond acceptors (Lipinski definition) is 3. The van der Waals surface area contributed by atoms with Gasteiger partial charge in [0.2, 0.25) is 0 Å². The summed E-state index contributed by atoms with van der Waals surface area (Å²) in [5.41, 5.74) is 7.42. The Hall–Kier alpha value is -1.09. The predicted octanol–water partition coefficient (Wildman–Crippen LogP) is 3.03. The summed E-state index contributed by atoms with van der Waals surface area (Å²) >= 11 is 0. The number of rotatable bonds is 3. The molecule has 1 aromatic rings. The number of nitrogens with two attached hydrogens (primary N) is 1. The highest BCUT2D eigenvalue weighted by molar-refractivity contribution is 5.40. The molecule has 2 fully saturated rings. The third-order valence-corrected chi connectivity index (χ3v) is 4.44. The van der Waals surface area contributed by atoms with E-state index in [1.807, 2.05) is 6.20 Å². The van der Waals surface area contributed by atoms with Crippen molar-refractivity contribution in [1.82, 2.24) is 4.98 Å². The average Bonchev–Trinajstić information content (AvgIpc) is 3.01. The summed E-state index contributed by atoms with van der Waals surface area (Å²) in [6.45, 7) is 0. The van der Waals surface area contributed by atoms with E-state index in [0.717, 1.165) is 12.2 Å². The van der Waals surface area contributed by atoms with Gasteiger partial charge in [-0.25, -0.2) is 4.98 Å². The third kappa shape index (κ3) is 2.66. The molecule has 0 bridgehead atoms. The van der Waals surface area contributed by atoms with Gasteiger partial charge in [0.15, 0.2) is 0 Å². The first-order chi connectivity index (χ1) is 8.81. The summed E-state index contributed by atoms with van der Waals surface area (Å²) < 4.78 is 0. The topological polar surface area (TPSA) is 50.9 Å². The fourth-order valence-electron chi connectivity index (χ4n) is 3.38. The Morgan fingerprint density at radius 1 is 1.17 bits per heavy atom. The van der Waals surface area contributed by atoms with Crippen molar-refractivity contribution < 1.29 is 0 Å². The van der Waals surface area contributed by atoms with Gasteiger partial charge in [0.1, 0.15) is 5.82 Å². The predicted molar refractivity (Wildman–Crippen MR) is 74.7 cm³/mol. The lowest BCUT2D eigenvalue weighted by molar-refractivity contribution is 0.673. The molecule has 18 heavy (non-hydrogen) atoms. The molecule has 0 radical (unpaired) electrons. The lowest BCUT2D eigenvalue weighted by Crippen LogP contribution is -2.16. The van der Waals surface area contributed by atoms with E-state index in [1.54, 1.807) is 0 Å². The summed E-state index contributed by atoms with van der Waals surface area (Å²) in [5, 5.41) is 3.57. The summed E-state index contributed by atoms with van der Waals surface area (Å²) in [6.07, 6.45) is 10.8. The van der Waals surface area contributed by atoms with Crippen molar-refractivity contribution in [3.63, 3.8) is 0 Å². The lowest BCUT2D eigenvalue weighted by Gasteiger charge is -2.15. The second-order valence-electron chi connectivity index (χ2n) is 5.87. The van der Waals surface area contributed by atoms with Crippen LogP contribution in [0.5, 0.6) is 0 Å². The lowest BCUT2D eigenvalue weighted by atomic mass is 9.98. The second-order valence-corrected chi connectivity index (χ2v) is 5.87. The van der Waals surface area contributed by atoms with Crippen LogP contribution in [0.3, 0.4) is 0 Å². The Labute approximate surface area is 109 Å². The number of nitrogens with zero attached hydrogens (tertiary/aromatic N) is 1. The van der Waals surface area contributed by atoms with Gasteiger partial charge in [-0.15, -0.1) is 0 Å². The molecule has 2 atom stereocenters. The molecule has 3 rings (SSSR count). The second kappa shape index (κ2) is 5.27. The van der Waals surface area contributed by atoms with Crippen molar-refractivity contribution in [2.45, 2.75) is 62.9 Å². The van der Waals surface area contributed by atoms with Crippen molar-refractivity contribution in [3.05, 3.63) is 23.9 Å². The minimum Gasteiger partial charge on any atom is -0.367 e. The molecule has 0 amide bonds. The fourth-order valence-corrected chi connectivity index (χ4v) is 3.38. The molecule has 98 valence electrons. The molecule has 0 saturated heterocycles. The molecule has 1 aromatic heterocycles. The minimum absolute atomic E-state index is 0.398. The monoisotopic (exact) mass is 245 g/mol. The van der Waals surface area contributed by atoms with Crippen molar-refractivity contribution in [2.75, 3.05) is 5.32 Å². The molecule has 2 aliphatic carbocycles. The Morgan fingerprint density at radius 2 is 2.00 bits per heavy atom. The van der Waals surface area contributed by atoms with E-state index >= 15 is 0 Å². The smallest absolute Gasteiger partial charge is 0.126 e. The Kier molecular flexibility index (Phi) is 3.50. The highest BCUT2D eigenvalue weighted by Crippen LogP contribution is 2.34. The van der Waals surface area contributed by atoms with Gasteiger partial charge in [0.05, 0.1) is 0 Å². The highest BCUT2D eigenvalue weighted by Gasteiger charge is 2.23. The molecule has 3 N–H and O–H groups in total. The number of nitrogens with one attached hydrogen (secondary N) is 1. The molecular weight excluding hydrogens is 222 g/mol. The van der Waals surface area contributed by atoms with Crippen LogP contribution in [0.4, 0.5) is 5.82 Å². The van der Waals surface area contributed by atoms with E-state index in [2.05, 4.69) is 22.4 Å². The van der Waals surface area contributed by atoms with Crippen LogP contribution in [-0.2, 0) is 0 Å². The van der Waals surface area contributed by atoms with Gasteiger partial charge in [-0.3, -0.25) is 0 Å². The molecule has 3 heteroatoms. The van der Waals surface area contributed by atoms with Gasteiger partial charge in [0, 0.05) is 18.3 Å². The van der Waals surface area contributed by atoms with Crippen LogP contribution in [0.2, 0.25) is 0 Å². The van der Waals surface area contributed by atoms with Crippen LogP contribution < -0.4 is 11.1 Å². The SMILES string of the molecule is N[C@@H]1CCC(c2ccnc(NC3CCCC3)c2)C1. The first-order valence-electron chi connectivity index (χ1n) is 7.29. The van der Waals surface area contributed by atoms with E-state index in [9.17, 15) is 0 Å². The van der Waals surface area contributed by atoms with Crippen LogP contribution in [0.15, 0.2) is 18.3 Å². The van der Waals surface area contributed by atoms with Gasteiger partial charge >= 0.3 is 0 Å². The van der Waals surface area contributed by atoms with E-state index in [-0.39, 0.29) is 0 Å². The number of pyridine rings is 1. The molecule has 1 unspecified atom stereocenters. The number of anilines is 1. The van der Waals surface area contributed by atoms with Crippen LogP contribution >= 0.6 is 0 Å². The molecule has 1 heterocycles. The molecule has 3 nitrogen and oxygen atoms in total. The van der Waals surface area contributed by atoms with Crippen LogP contribution in [0.1, 0.15) is 56.4 Å². The van der Waals surface area contributed by atoms with Crippen LogP contribution in [0.25, 0.3) is 0 Å². The molecule has 0 aromatic carbocycles. The Bertz CT molecular complexity index is 398. The van der Waals surface area contributed by atoms with E-state index < -0.39 is 0 Å². The molecule has 0 aliphatic heterocycles. The molecular formula is C15H23N3. The zero-order valence-corrected chi connectivity index (χ0v) is 10.9. The highest BCUT2D eigenvalue weighted by atomic mass is 15.0. The summed E-state index contributed by atoms with van der Waals surface area (Å²) in [6, 6.07) is 5.43. The van der Waals surface area contributed by atoms with E-state index in [1.165, 1.54) is 44.1 Å². The van der Waals surface area contributed by atoms with Gasteiger partial charge in [0.25, 0.3) is 0 Å². The van der Waals surface area contributed by atoms with Gasteiger partial charge < -0.3 is 11.1 Å². The van der Waals surface area contributed by atoms with E-state index in [4.69, 9.17) is 5.73 Å². The van der Waals surface area contributed by atoms with Gasteiger partial charge in [-0.2, -0.15) is 0 Å². The largest absolute Gasteiger partial charge is 0.367 e. The molecule has 0 spiro atoms. The molecule has 2 aliphatic rings. The maximum atomic E-state index is 6.00. The van der Waals surface area contributed by atoms with Crippen molar-refractivity contribution in [2.24, 2.45) is 5.73 Å². The van der Waals surface area contributed by atoms with Gasteiger partial charge in [-0.05, 0) is 55.7 Å². The summed E-state index contributed by atoms with van der Waals surface area (Å²) in [7, 11) is 0. The van der Waals surface area contributed by atoms with Crippen LogP contribution in [0, 0.1) is 0 Å². The third-order valence-electron chi connectivity index (χ3n) is 4.44. The van der Waals surface area contributed by atoms with Gasteiger partial charge in [-0.1, -0.05) is 12.8 Å². The Morgan fingerprint density at radius 3 is 2.72 bits per heavy atom. The first-order valence-corrected chi connectivity index (χ1v) is 7.29. The van der Waals surface area contributed by atoms with Crippen molar-refractivity contribution >= 4 is 5.82 Å². The number of aromatic nitrogens is 1. The van der Waals surface area contributed by atoms with Crippen LogP contribution in [-0.4, -0.2) is 17.1 Å². The van der Waals surface area contributed by atoms with E-state index in [0.29, 0.717) is 18.0 Å². The quantitative estimate of drug-likeness (QED) is 0.860. The Balaban J connectivity index is 1.68. The maximum Gasteiger partial charge on any atom is 0.126 e. The zero-order chi connectivity index (χ0) is 12.4. The molecule has 2 saturated carbocycles. The fraction of sp³-hybridized carbons (Fsp3) is 0.667. The minimum atomic E-state index is 0.398. The number of hydrogen-bond donors (Lipinski definition) is 2. The van der Waals surface area contributed by atoms with Crippen molar-refractivity contribution in [1.29, 1.82) is 0 Å². The summed E-state index contributed by atoms with van der Waals surface area (Å²) in [4.78, 5) is 4.45. The van der Waals surface area contributed by atoms with Crippen molar-refractivity contribution in [3.8, 4) is 0 Å². The zero-order valence-electron chi connectivity index (χ0n) is 10.9. The first kappa shape index (κ1) is 12.0. The maximum absolute atomic E-state index is 6.00. The summed E-state index contributed by atoms with van der Waals surface area (Å²) in [5.74, 6) is 1.70.